The zero-order valence-corrected chi connectivity index (χ0v) is 12.2. The molecule has 0 aliphatic carbocycles. The molecule has 112 valence electrons. The average molecular weight is 297 g/mol. The van der Waals surface area contributed by atoms with Gasteiger partial charge in [0.15, 0.2) is 5.65 Å². The summed E-state index contributed by atoms with van der Waals surface area (Å²) in [4.78, 5) is 20.5. The van der Waals surface area contributed by atoms with Gasteiger partial charge in [0, 0.05) is 24.1 Å². The molecule has 1 amide bonds. The molecule has 3 aromatic rings. The number of carbonyl (C=O) groups is 1. The number of aromatic amines is 1. The summed E-state index contributed by atoms with van der Waals surface area (Å²) in [5.41, 5.74) is 1.46. The van der Waals surface area contributed by atoms with Crippen LogP contribution in [0.15, 0.2) is 36.7 Å². The second kappa shape index (κ2) is 5.80. The number of carbonyl (C=O) groups excluding carboxylic acids is 1. The number of H-pyrrole nitrogens is 1. The number of hydrogen-bond acceptors (Lipinski definition) is 5. The van der Waals surface area contributed by atoms with Gasteiger partial charge in [-0.15, -0.1) is 0 Å². The molecule has 0 bridgehead atoms. The Kier molecular flexibility index (Phi) is 3.69. The van der Waals surface area contributed by atoms with Crippen molar-refractivity contribution in [3.8, 4) is 5.88 Å². The van der Waals surface area contributed by atoms with E-state index in [2.05, 4.69) is 25.5 Å². The molecule has 0 fully saturated rings. The Bertz CT molecular complexity index is 798. The fraction of sp³-hybridized carbons (Fsp3) is 0.200. The topological polar surface area (TPSA) is 92.8 Å². The van der Waals surface area contributed by atoms with Crippen LogP contribution in [-0.2, 0) is 0 Å². The molecule has 0 saturated carbocycles. The Morgan fingerprint density at radius 3 is 2.73 bits per heavy atom. The van der Waals surface area contributed by atoms with Gasteiger partial charge < -0.3 is 10.1 Å². The summed E-state index contributed by atoms with van der Waals surface area (Å²) in [7, 11) is 0. The molecule has 0 aromatic carbocycles. The van der Waals surface area contributed by atoms with Crippen LogP contribution in [0, 0.1) is 0 Å². The van der Waals surface area contributed by atoms with Crippen molar-refractivity contribution in [2.24, 2.45) is 0 Å². The van der Waals surface area contributed by atoms with Crippen LogP contribution >= 0.6 is 0 Å². The van der Waals surface area contributed by atoms with Crippen molar-refractivity contribution in [2.75, 3.05) is 5.32 Å². The Hall–Kier alpha value is -2.96. The quantitative estimate of drug-likeness (QED) is 0.771. The number of nitrogens with one attached hydrogen (secondary N) is 2. The van der Waals surface area contributed by atoms with Gasteiger partial charge in [-0.2, -0.15) is 10.1 Å². The zero-order valence-electron chi connectivity index (χ0n) is 12.2. The summed E-state index contributed by atoms with van der Waals surface area (Å²) in [6.07, 6.45) is 3.24. The standard InChI is InChI=1S/C15H15N5O2/c1-9(2)22-12-4-3-11-13(19-20-14(11)18-12)15(21)17-10-5-7-16-8-6-10/h3-9H,1-2H3,(H,16,17,21)(H,18,19,20). The van der Waals surface area contributed by atoms with Crippen molar-refractivity contribution in [1.82, 2.24) is 20.2 Å². The van der Waals surface area contributed by atoms with Gasteiger partial charge in [-0.25, -0.2) is 0 Å². The van der Waals surface area contributed by atoms with Gasteiger partial charge in [-0.3, -0.25) is 14.9 Å². The maximum atomic E-state index is 12.3. The first kappa shape index (κ1) is 14.0. The van der Waals surface area contributed by atoms with E-state index in [0.29, 0.717) is 28.3 Å². The number of anilines is 1. The molecule has 0 spiro atoms. The number of hydrogen-bond donors (Lipinski definition) is 2. The van der Waals surface area contributed by atoms with Gasteiger partial charge in [0.2, 0.25) is 5.88 Å². The van der Waals surface area contributed by atoms with Gasteiger partial charge in [-0.1, -0.05) is 0 Å². The van der Waals surface area contributed by atoms with E-state index in [4.69, 9.17) is 4.74 Å². The van der Waals surface area contributed by atoms with Gasteiger partial charge in [0.1, 0.15) is 5.69 Å². The molecule has 0 aliphatic rings. The molecule has 0 atom stereocenters. The van der Waals surface area contributed by atoms with E-state index >= 15 is 0 Å². The lowest BCUT2D eigenvalue weighted by molar-refractivity contribution is 0.102. The summed E-state index contributed by atoms with van der Waals surface area (Å²) in [6, 6.07) is 6.92. The van der Waals surface area contributed by atoms with Crippen molar-refractivity contribution < 1.29 is 9.53 Å². The highest BCUT2D eigenvalue weighted by Crippen LogP contribution is 2.19. The lowest BCUT2D eigenvalue weighted by Gasteiger charge is -2.07. The predicted molar refractivity (Wildman–Crippen MR) is 81.8 cm³/mol. The fourth-order valence-corrected chi connectivity index (χ4v) is 1.99. The molecule has 7 nitrogen and oxygen atoms in total. The molecule has 2 N–H and O–H groups in total. The smallest absolute Gasteiger partial charge is 0.274 e. The third-order valence-electron chi connectivity index (χ3n) is 2.91. The minimum Gasteiger partial charge on any atom is -0.475 e. The molecule has 0 radical (unpaired) electrons. The van der Waals surface area contributed by atoms with E-state index in [-0.39, 0.29) is 12.0 Å². The maximum Gasteiger partial charge on any atom is 0.274 e. The molecular formula is C15H15N5O2. The summed E-state index contributed by atoms with van der Waals surface area (Å²) < 4.78 is 5.52. The maximum absolute atomic E-state index is 12.3. The van der Waals surface area contributed by atoms with Crippen LogP contribution in [0.3, 0.4) is 0 Å². The molecule has 0 aliphatic heterocycles. The first-order valence-corrected chi connectivity index (χ1v) is 6.86. The SMILES string of the molecule is CC(C)Oc1ccc2c(C(=O)Nc3ccncc3)[nH]nc2n1. The van der Waals surface area contributed by atoms with E-state index in [1.165, 1.54) is 0 Å². The monoisotopic (exact) mass is 297 g/mol. The van der Waals surface area contributed by atoms with Crippen LogP contribution in [-0.4, -0.2) is 32.2 Å². The van der Waals surface area contributed by atoms with Crippen LogP contribution in [0.1, 0.15) is 24.3 Å². The average Bonchev–Trinajstić information content (AvgIpc) is 2.91. The summed E-state index contributed by atoms with van der Waals surface area (Å²) in [6.45, 7) is 3.84. The molecule has 0 unspecified atom stereocenters. The molecule has 0 saturated heterocycles. The highest BCUT2D eigenvalue weighted by Gasteiger charge is 2.15. The third kappa shape index (κ3) is 2.88. The zero-order chi connectivity index (χ0) is 15.5. The first-order chi connectivity index (χ1) is 10.6. The summed E-state index contributed by atoms with van der Waals surface area (Å²) in [5, 5.41) is 10.2. The van der Waals surface area contributed by atoms with Gasteiger partial charge >= 0.3 is 0 Å². The summed E-state index contributed by atoms with van der Waals surface area (Å²) in [5.74, 6) is 0.197. The number of aromatic nitrogens is 4. The number of pyridine rings is 2. The molecule has 3 aromatic heterocycles. The highest BCUT2D eigenvalue weighted by molar-refractivity contribution is 6.10. The van der Waals surface area contributed by atoms with Crippen LogP contribution in [0.25, 0.3) is 11.0 Å². The summed E-state index contributed by atoms with van der Waals surface area (Å²) >= 11 is 0. The normalized spacial score (nSPS) is 10.9. The van der Waals surface area contributed by atoms with Gasteiger partial charge in [0.05, 0.1) is 11.5 Å². The second-order valence-corrected chi connectivity index (χ2v) is 4.98. The minimum absolute atomic E-state index is 0.0263. The van der Waals surface area contributed by atoms with E-state index in [1.54, 1.807) is 36.7 Å². The molecule has 7 heteroatoms. The molecule has 3 rings (SSSR count). The van der Waals surface area contributed by atoms with Crippen molar-refractivity contribution >= 4 is 22.6 Å². The number of rotatable bonds is 4. The lowest BCUT2D eigenvalue weighted by Crippen LogP contribution is -2.12. The van der Waals surface area contributed by atoms with Crippen LogP contribution < -0.4 is 10.1 Å². The largest absolute Gasteiger partial charge is 0.475 e. The van der Waals surface area contributed by atoms with E-state index in [1.807, 2.05) is 13.8 Å². The minimum atomic E-state index is -0.284. The molecule has 22 heavy (non-hydrogen) atoms. The van der Waals surface area contributed by atoms with Crippen LogP contribution in [0.4, 0.5) is 5.69 Å². The first-order valence-electron chi connectivity index (χ1n) is 6.86. The predicted octanol–water partition coefficient (Wildman–Crippen LogP) is 2.39. The van der Waals surface area contributed by atoms with Gasteiger partial charge in [-0.05, 0) is 32.0 Å². The molecule has 3 heterocycles. The Morgan fingerprint density at radius 1 is 1.23 bits per heavy atom. The van der Waals surface area contributed by atoms with Crippen LogP contribution in [0.5, 0.6) is 5.88 Å². The fourth-order valence-electron chi connectivity index (χ4n) is 1.99. The van der Waals surface area contributed by atoms with Crippen molar-refractivity contribution in [2.45, 2.75) is 20.0 Å². The Labute approximate surface area is 126 Å². The van der Waals surface area contributed by atoms with Gasteiger partial charge in [0.25, 0.3) is 5.91 Å². The highest BCUT2D eigenvalue weighted by atomic mass is 16.5. The van der Waals surface area contributed by atoms with E-state index in [0.717, 1.165) is 0 Å². The van der Waals surface area contributed by atoms with Crippen molar-refractivity contribution in [1.29, 1.82) is 0 Å². The Morgan fingerprint density at radius 2 is 2.00 bits per heavy atom. The lowest BCUT2D eigenvalue weighted by atomic mass is 10.2. The van der Waals surface area contributed by atoms with Crippen molar-refractivity contribution in [3.05, 3.63) is 42.4 Å². The van der Waals surface area contributed by atoms with E-state index < -0.39 is 0 Å². The molecular weight excluding hydrogens is 282 g/mol. The van der Waals surface area contributed by atoms with E-state index in [9.17, 15) is 4.79 Å². The van der Waals surface area contributed by atoms with Crippen molar-refractivity contribution in [3.63, 3.8) is 0 Å². The Balaban J connectivity index is 1.86. The number of fused-ring (bicyclic) bond motifs is 1. The number of amides is 1. The third-order valence-corrected chi connectivity index (χ3v) is 2.91. The number of ether oxygens (including phenoxy) is 1. The second-order valence-electron chi connectivity index (χ2n) is 4.98. The van der Waals surface area contributed by atoms with Crippen LogP contribution in [0.2, 0.25) is 0 Å². The number of nitrogens with zero attached hydrogens (tertiary/aromatic N) is 3.